The number of aryl methyl sites for hydroxylation is 3. The minimum Gasteiger partial charge on any atom is -0.330 e. The summed E-state index contributed by atoms with van der Waals surface area (Å²) in [6.45, 7) is 8.24. The van der Waals surface area contributed by atoms with Gasteiger partial charge < -0.3 is 5.73 Å². The fourth-order valence-electron chi connectivity index (χ4n) is 2.22. The smallest absolute Gasteiger partial charge is 0.154 e. The summed E-state index contributed by atoms with van der Waals surface area (Å²) in [7, 11) is -3.08. The van der Waals surface area contributed by atoms with Crippen molar-refractivity contribution in [1.29, 1.82) is 0 Å². The molecule has 0 radical (unpaired) electrons. The van der Waals surface area contributed by atoms with E-state index in [1.807, 2.05) is 39.8 Å². The summed E-state index contributed by atoms with van der Waals surface area (Å²) in [5.74, 6) is 0.298. The van der Waals surface area contributed by atoms with E-state index in [1.54, 1.807) is 0 Å². The largest absolute Gasteiger partial charge is 0.330 e. The predicted octanol–water partition coefficient (Wildman–Crippen LogP) is 2.12. The van der Waals surface area contributed by atoms with Crippen LogP contribution in [0.4, 0.5) is 0 Å². The zero-order chi connectivity index (χ0) is 13.9. The molecule has 0 amide bonds. The van der Waals surface area contributed by atoms with Crippen molar-refractivity contribution >= 4 is 9.84 Å². The van der Waals surface area contributed by atoms with Crippen LogP contribution >= 0.6 is 0 Å². The third-order valence-electron chi connectivity index (χ3n) is 3.15. The molecule has 1 aromatic carbocycles. The molecular formula is C14H23NO2S. The van der Waals surface area contributed by atoms with Crippen LogP contribution in [0.15, 0.2) is 12.1 Å². The molecule has 0 spiro atoms. The van der Waals surface area contributed by atoms with Crippen LogP contribution in [0, 0.1) is 26.7 Å². The first-order valence-electron chi connectivity index (χ1n) is 6.22. The Balaban J connectivity index is 2.98. The van der Waals surface area contributed by atoms with Crippen LogP contribution in [-0.2, 0) is 15.6 Å². The highest BCUT2D eigenvalue weighted by Gasteiger charge is 2.18. The Labute approximate surface area is 110 Å². The molecule has 2 N–H and O–H groups in total. The second kappa shape index (κ2) is 5.85. The summed E-state index contributed by atoms with van der Waals surface area (Å²) in [5.41, 5.74) is 9.70. The molecule has 0 saturated carbocycles. The van der Waals surface area contributed by atoms with Crippen molar-refractivity contribution in [3.8, 4) is 0 Å². The molecule has 1 atom stereocenters. The van der Waals surface area contributed by atoms with Gasteiger partial charge in [-0.3, -0.25) is 0 Å². The van der Waals surface area contributed by atoms with Crippen LogP contribution in [0.25, 0.3) is 0 Å². The zero-order valence-corrected chi connectivity index (χ0v) is 12.5. The highest BCUT2D eigenvalue weighted by Crippen LogP contribution is 2.20. The third kappa shape index (κ3) is 4.10. The van der Waals surface area contributed by atoms with Gasteiger partial charge in [0.1, 0.15) is 0 Å². The van der Waals surface area contributed by atoms with Gasteiger partial charge in [0.2, 0.25) is 0 Å². The highest BCUT2D eigenvalue weighted by molar-refractivity contribution is 7.90. The molecule has 0 heterocycles. The molecule has 1 unspecified atom stereocenters. The van der Waals surface area contributed by atoms with Crippen LogP contribution in [-0.4, -0.2) is 20.7 Å². The van der Waals surface area contributed by atoms with E-state index in [-0.39, 0.29) is 17.4 Å². The van der Waals surface area contributed by atoms with Crippen LogP contribution in [0.3, 0.4) is 0 Å². The summed E-state index contributed by atoms with van der Waals surface area (Å²) in [6, 6.07) is 4.06. The molecule has 102 valence electrons. The lowest BCUT2D eigenvalue weighted by Gasteiger charge is -2.14. The van der Waals surface area contributed by atoms with Crippen molar-refractivity contribution in [3.05, 3.63) is 34.4 Å². The highest BCUT2D eigenvalue weighted by atomic mass is 32.2. The van der Waals surface area contributed by atoms with E-state index in [9.17, 15) is 8.42 Å². The minimum absolute atomic E-state index is 0.0149. The lowest BCUT2D eigenvalue weighted by atomic mass is 10.0. The SMILES string of the molecule is Cc1cc(C)c(CS(=O)(=O)CC(C)CN)c(C)c1. The summed E-state index contributed by atoms with van der Waals surface area (Å²) in [5, 5.41) is 0. The third-order valence-corrected chi connectivity index (χ3v) is 4.95. The Morgan fingerprint density at radius 3 is 2.11 bits per heavy atom. The fraction of sp³-hybridized carbons (Fsp3) is 0.571. The zero-order valence-electron chi connectivity index (χ0n) is 11.7. The number of nitrogens with two attached hydrogens (primary N) is 1. The number of rotatable bonds is 5. The van der Waals surface area contributed by atoms with Gasteiger partial charge in [0.05, 0.1) is 11.5 Å². The Morgan fingerprint density at radius 1 is 1.17 bits per heavy atom. The molecule has 18 heavy (non-hydrogen) atoms. The van der Waals surface area contributed by atoms with Gasteiger partial charge in [-0.15, -0.1) is 0 Å². The molecule has 0 bridgehead atoms. The summed E-state index contributed by atoms with van der Waals surface area (Å²) in [6.07, 6.45) is 0. The maximum atomic E-state index is 12.1. The van der Waals surface area contributed by atoms with Crippen molar-refractivity contribution in [2.45, 2.75) is 33.4 Å². The van der Waals surface area contributed by atoms with E-state index >= 15 is 0 Å². The number of sulfone groups is 1. The minimum atomic E-state index is -3.08. The van der Waals surface area contributed by atoms with Gasteiger partial charge in [-0.05, 0) is 49.9 Å². The molecule has 1 rings (SSSR count). The van der Waals surface area contributed by atoms with Crippen molar-refractivity contribution < 1.29 is 8.42 Å². The van der Waals surface area contributed by atoms with Gasteiger partial charge in [-0.1, -0.05) is 24.6 Å². The molecule has 0 aliphatic rings. The van der Waals surface area contributed by atoms with Gasteiger partial charge in [0.15, 0.2) is 9.84 Å². The molecule has 4 heteroatoms. The maximum absolute atomic E-state index is 12.1. The number of hydrogen-bond donors (Lipinski definition) is 1. The van der Waals surface area contributed by atoms with E-state index in [4.69, 9.17) is 5.73 Å². The topological polar surface area (TPSA) is 60.2 Å². The fourth-order valence-corrected chi connectivity index (χ4v) is 4.23. The van der Waals surface area contributed by atoms with E-state index < -0.39 is 9.84 Å². The second-order valence-corrected chi connectivity index (χ2v) is 7.38. The molecule has 0 fully saturated rings. The normalized spacial score (nSPS) is 13.6. The first-order chi connectivity index (χ1) is 8.25. The molecule has 0 saturated heterocycles. The molecule has 0 aliphatic heterocycles. The van der Waals surface area contributed by atoms with Crippen LogP contribution in [0.5, 0.6) is 0 Å². The Hall–Kier alpha value is -0.870. The molecule has 0 aromatic heterocycles. The van der Waals surface area contributed by atoms with Crippen LogP contribution < -0.4 is 5.73 Å². The lowest BCUT2D eigenvalue weighted by Crippen LogP contribution is -2.22. The van der Waals surface area contributed by atoms with Gasteiger partial charge >= 0.3 is 0 Å². The quantitative estimate of drug-likeness (QED) is 0.890. The first kappa shape index (κ1) is 15.2. The number of benzene rings is 1. The van der Waals surface area contributed by atoms with Gasteiger partial charge in [-0.2, -0.15) is 0 Å². The van der Waals surface area contributed by atoms with E-state index in [0.717, 1.165) is 16.7 Å². The van der Waals surface area contributed by atoms with Crippen molar-refractivity contribution in [1.82, 2.24) is 0 Å². The van der Waals surface area contributed by atoms with Crippen molar-refractivity contribution in [3.63, 3.8) is 0 Å². The van der Waals surface area contributed by atoms with E-state index in [2.05, 4.69) is 0 Å². The molecule has 1 aromatic rings. The molecule has 3 nitrogen and oxygen atoms in total. The average molecular weight is 269 g/mol. The predicted molar refractivity (Wildman–Crippen MR) is 76.4 cm³/mol. The summed E-state index contributed by atoms with van der Waals surface area (Å²) >= 11 is 0. The Kier molecular flexibility index (Phi) is 4.93. The average Bonchev–Trinajstić information content (AvgIpc) is 2.22. The van der Waals surface area contributed by atoms with Crippen LogP contribution in [0.2, 0.25) is 0 Å². The van der Waals surface area contributed by atoms with Gasteiger partial charge in [-0.25, -0.2) is 8.42 Å². The van der Waals surface area contributed by atoms with Crippen molar-refractivity contribution in [2.75, 3.05) is 12.3 Å². The van der Waals surface area contributed by atoms with E-state index in [1.165, 1.54) is 5.56 Å². The molecular weight excluding hydrogens is 246 g/mol. The number of hydrogen-bond acceptors (Lipinski definition) is 3. The van der Waals surface area contributed by atoms with Gasteiger partial charge in [0, 0.05) is 0 Å². The Morgan fingerprint density at radius 2 is 1.67 bits per heavy atom. The standard InChI is InChI=1S/C14H23NO2S/c1-10-5-12(3)14(13(4)6-10)9-18(16,17)8-11(2)7-15/h5-6,11H,7-9,15H2,1-4H3. The maximum Gasteiger partial charge on any atom is 0.154 e. The monoisotopic (exact) mass is 269 g/mol. The first-order valence-corrected chi connectivity index (χ1v) is 8.04. The lowest BCUT2D eigenvalue weighted by molar-refractivity contribution is 0.573. The summed E-state index contributed by atoms with van der Waals surface area (Å²) < 4.78 is 24.2. The van der Waals surface area contributed by atoms with Crippen molar-refractivity contribution in [2.24, 2.45) is 11.7 Å². The van der Waals surface area contributed by atoms with Crippen LogP contribution in [0.1, 0.15) is 29.2 Å². The summed E-state index contributed by atoms with van der Waals surface area (Å²) in [4.78, 5) is 0. The Bertz CT molecular complexity index is 498. The molecule has 0 aliphatic carbocycles. The van der Waals surface area contributed by atoms with Gasteiger partial charge in [0.25, 0.3) is 0 Å². The second-order valence-electron chi connectivity index (χ2n) is 5.27. The van der Waals surface area contributed by atoms with E-state index in [0.29, 0.717) is 6.54 Å².